The van der Waals surface area contributed by atoms with Crippen LogP contribution in [-0.2, 0) is 13.0 Å². The van der Waals surface area contributed by atoms with Crippen LogP contribution in [0.15, 0.2) is 51.8 Å². The van der Waals surface area contributed by atoms with Crippen LogP contribution in [0.5, 0.6) is 0 Å². The molecule has 0 atom stereocenters. The number of nitro groups is 1. The van der Waals surface area contributed by atoms with Gasteiger partial charge in [-0.05, 0) is 18.6 Å². The molecule has 3 aromatic rings. The molecule has 112 valence electrons. The van der Waals surface area contributed by atoms with Crippen LogP contribution in [0.25, 0.3) is 11.1 Å². The fourth-order valence-corrected chi connectivity index (χ4v) is 2.23. The van der Waals surface area contributed by atoms with E-state index in [1.807, 2.05) is 24.3 Å². The molecule has 22 heavy (non-hydrogen) atoms. The van der Waals surface area contributed by atoms with Crippen LogP contribution in [0.4, 0.5) is 5.69 Å². The number of hydrogen-bond acceptors (Lipinski definition) is 5. The molecule has 2 aromatic heterocycles. The molecule has 0 aliphatic heterocycles. The minimum absolute atomic E-state index is 0.0959. The van der Waals surface area contributed by atoms with Crippen molar-refractivity contribution >= 4 is 16.8 Å². The number of nitrogens with zero attached hydrogens (tertiary/aromatic N) is 3. The largest absolute Gasteiger partial charge is 0.441 e. The van der Waals surface area contributed by atoms with Gasteiger partial charge in [0.25, 0.3) is 11.2 Å². The van der Waals surface area contributed by atoms with Gasteiger partial charge in [-0.2, -0.15) is 0 Å². The van der Waals surface area contributed by atoms with Gasteiger partial charge >= 0.3 is 0 Å². The number of benzene rings is 1. The van der Waals surface area contributed by atoms with E-state index in [0.29, 0.717) is 25.3 Å². The van der Waals surface area contributed by atoms with Crippen LogP contribution >= 0.6 is 0 Å². The molecule has 0 radical (unpaired) electrons. The number of aromatic nitrogens is 2. The third-order valence-corrected chi connectivity index (χ3v) is 3.31. The van der Waals surface area contributed by atoms with Crippen molar-refractivity contribution in [2.24, 2.45) is 0 Å². The molecule has 0 saturated heterocycles. The SMILES string of the molecule is O=c1ccc([N+](=O)[O-])cn1CCCc1nc2ccccc2o1. The summed E-state index contributed by atoms with van der Waals surface area (Å²) >= 11 is 0. The Labute approximate surface area is 125 Å². The van der Waals surface area contributed by atoms with E-state index >= 15 is 0 Å². The molecule has 0 aliphatic rings. The Morgan fingerprint density at radius 3 is 2.82 bits per heavy atom. The molecule has 0 amide bonds. The summed E-state index contributed by atoms with van der Waals surface area (Å²) in [5, 5.41) is 10.7. The van der Waals surface area contributed by atoms with E-state index in [0.717, 1.165) is 11.1 Å². The van der Waals surface area contributed by atoms with Gasteiger partial charge in [0.2, 0.25) is 0 Å². The zero-order chi connectivity index (χ0) is 15.5. The van der Waals surface area contributed by atoms with Gasteiger partial charge < -0.3 is 8.98 Å². The van der Waals surface area contributed by atoms with Crippen molar-refractivity contribution < 1.29 is 9.34 Å². The van der Waals surface area contributed by atoms with Gasteiger partial charge in [0.05, 0.1) is 11.1 Å². The number of fused-ring (bicyclic) bond motifs is 1. The zero-order valence-corrected chi connectivity index (χ0v) is 11.6. The van der Waals surface area contributed by atoms with E-state index in [1.165, 1.54) is 22.9 Å². The Bertz CT molecular complexity index is 849. The lowest BCUT2D eigenvalue weighted by molar-refractivity contribution is -0.385. The minimum atomic E-state index is -0.517. The van der Waals surface area contributed by atoms with E-state index in [4.69, 9.17) is 4.42 Å². The molecular formula is C15H13N3O4. The molecule has 7 nitrogen and oxygen atoms in total. The van der Waals surface area contributed by atoms with Crippen LogP contribution < -0.4 is 5.56 Å². The van der Waals surface area contributed by atoms with Crippen molar-refractivity contribution in [3.05, 3.63) is 69.0 Å². The Hall–Kier alpha value is -2.96. The summed E-state index contributed by atoms with van der Waals surface area (Å²) in [7, 11) is 0. The molecule has 0 unspecified atom stereocenters. The van der Waals surface area contributed by atoms with E-state index in [9.17, 15) is 14.9 Å². The maximum atomic E-state index is 11.7. The zero-order valence-electron chi connectivity index (χ0n) is 11.6. The second-order valence-electron chi connectivity index (χ2n) is 4.85. The average molecular weight is 299 g/mol. The highest BCUT2D eigenvalue weighted by atomic mass is 16.6. The quantitative estimate of drug-likeness (QED) is 0.533. The molecule has 7 heteroatoms. The predicted octanol–water partition coefficient (Wildman–Crippen LogP) is 2.53. The lowest BCUT2D eigenvalue weighted by Crippen LogP contribution is -2.19. The number of oxazole rings is 1. The molecule has 0 saturated carbocycles. The smallest absolute Gasteiger partial charge is 0.285 e. The summed E-state index contributed by atoms with van der Waals surface area (Å²) in [6.45, 7) is 0.374. The van der Waals surface area contributed by atoms with E-state index in [1.54, 1.807) is 0 Å². The topological polar surface area (TPSA) is 91.2 Å². The number of hydrogen-bond donors (Lipinski definition) is 0. The summed E-state index contributed by atoms with van der Waals surface area (Å²) in [4.78, 5) is 26.2. The Kier molecular flexibility index (Phi) is 3.69. The monoisotopic (exact) mass is 299 g/mol. The molecule has 0 fully saturated rings. The molecule has 3 rings (SSSR count). The number of aryl methyl sites for hydroxylation is 2. The first-order valence-electron chi connectivity index (χ1n) is 6.83. The molecule has 2 heterocycles. The molecular weight excluding hydrogens is 286 g/mol. The van der Waals surface area contributed by atoms with Gasteiger partial charge in [0.15, 0.2) is 11.5 Å². The van der Waals surface area contributed by atoms with Crippen LogP contribution in [0.2, 0.25) is 0 Å². The van der Waals surface area contributed by atoms with E-state index in [-0.39, 0.29) is 11.2 Å². The van der Waals surface area contributed by atoms with Crippen molar-refractivity contribution in [3.8, 4) is 0 Å². The standard InChI is InChI=1S/C15H13N3O4/c19-15-8-7-11(18(20)21)10-17(15)9-3-6-14-16-12-4-1-2-5-13(12)22-14/h1-2,4-5,7-8,10H,3,6,9H2. The lowest BCUT2D eigenvalue weighted by Gasteiger charge is -2.03. The molecule has 0 aliphatic carbocycles. The maximum Gasteiger partial charge on any atom is 0.285 e. The fraction of sp³-hybridized carbons (Fsp3) is 0.200. The lowest BCUT2D eigenvalue weighted by atomic mass is 10.3. The van der Waals surface area contributed by atoms with Crippen LogP contribution in [0.3, 0.4) is 0 Å². The summed E-state index contributed by atoms with van der Waals surface area (Å²) < 4.78 is 6.93. The summed E-state index contributed by atoms with van der Waals surface area (Å²) in [5.41, 5.74) is 1.17. The minimum Gasteiger partial charge on any atom is -0.441 e. The predicted molar refractivity (Wildman–Crippen MR) is 79.7 cm³/mol. The van der Waals surface area contributed by atoms with Crippen LogP contribution in [-0.4, -0.2) is 14.5 Å². The van der Waals surface area contributed by atoms with Gasteiger partial charge in [-0.3, -0.25) is 14.9 Å². The highest BCUT2D eigenvalue weighted by Crippen LogP contribution is 2.16. The van der Waals surface area contributed by atoms with Crippen molar-refractivity contribution in [3.63, 3.8) is 0 Å². The number of rotatable bonds is 5. The van der Waals surface area contributed by atoms with Crippen molar-refractivity contribution in [1.29, 1.82) is 0 Å². The molecule has 0 spiro atoms. The normalized spacial score (nSPS) is 10.9. The van der Waals surface area contributed by atoms with E-state index < -0.39 is 4.92 Å². The third kappa shape index (κ3) is 2.88. The van der Waals surface area contributed by atoms with Gasteiger partial charge in [-0.1, -0.05) is 12.1 Å². The number of para-hydroxylation sites is 2. The van der Waals surface area contributed by atoms with Gasteiger partial charge in [-0.15, -0.1) is 0 Å². The first-order chi connectivity index (χ1) is 10.6. The summed E-state index contributed by atoms with van der Waals surface area (Å²) in [6, 6.07) is 9.89. The summed E-state index contributed by atoms with van der Waals surface area (Å²) in [6.07, 6.45) is 2.42. The fourth-order valence-electron chi connectivity index (χ4n) is 2.23. The Morgan fingerprint density at radius 1 is 1.23 bits per heavy atom. The van der Waals surface area contributed by atoms with Crippen molar-refractivity contribution in [2.45, 2.75) is 19.4 Å². The summed E-state index contributed by atoms with van der Waals surface area (Å²) in [5.74, 6) is 0.597. The van der Waals surface area contributed by atoms with E-state index in [2.05, 4.69) is 4.98 Å². The Morgan fingerprint density at radius 2 is 2.05 bits per heavy atom. The first kappa shape index (κ1) is 14.0. The van der Waals surface area contributed by atoms with Gasteiger partial charge in [-0.25, -0.2) is 4.98 Å². The van der Waals surface area contributed by atoms with Gasteiger partial charge in [0, 0.05) is 25.1 Å². The first-order valence-corrected chi connectivity index (χ1v) is 6.83. The second-order valence-corrected chi connectivity index (χ2v) is 4.85. The van der Waals surface area contributed by atoms with Crippen molar-refractivity contribution in [1.82, 2.24) is 9.55 Å². The van der Waals surface area contributed by atoms with Crippen molar-refractivity contribution in [2.75, 3.05) is 0 Å². The van der Waals surface area contributed by atoms with Crippen LogP contribution in [0, 0.1) is 10.1 Å². The maximum absolute atomic E-state index is 11.7. The molecule has 1 aromatic carbocycles. The molecule has 0 N–H and O–H groups in total. The Balaban J connectivity index is 1.69. The van der Waals surface area contributed by atoms with Crippen LogP contribution in [0.1, 0.15) is 12.3 Å². The average Bonchev–Trinajstić information content (AvgIpc) is 2.91. The highest BCUT2D eigenvalue weighted by molar-refractivity contribution is 5.72. The highest BCUT2D eigenvalue weighted by Gasteiger charge is 2.09. The second kappa shape index (κ2) is 5.80. The molecule has 0 bridgehead atoms. The number of pyridine rings is 1. The third-order valence-electron chi connectivity index (χ3n) is 3.31. The van der Waals surface area contributed by atoms with Gasteiger partial charge in [0.1, 0.15) is 5.52 Å².